The maximum atomic E-state index is 12.7. The molecule has 0 amide bonds. The maximum Gasteiger partial charge on any atom is 0.416 e. The van der Waals surface area contributed by atoms with Crippen LogP contribution in [0.4, 0.5) is 13.2 Å². The molecule has 2 aromatic rings. The molecule has 1 aromatic carbocycles. The fourth-order valence-corrected chi connectivity index (χ4v) is 2.76. The summed E-state index contributed by atoms with van der Waals surface area (Å²) in [5.41, 5.74) is 0.996. The van der Waals surface area contributed by atoms with Gasteiger partial charge in [0.1, 0.15) is 0 Å². The summed E-state index contributed by atoms with van der Waals surface area (Å²) in [4.78, 5) is 0. The Labute approximate surface area is 126 Å². The summed E-state index contributed by atoms with van der Waals surface area (Å²) < 4.78 is 42.2. The Morgan fingerprint density at radius 1 is 1.21 bits per heavy atom. The van der Waals surface area contributed by atoms with Crippen molar-refractivity contribution in [2.45, 2.75) is 32.0 Å². The van der Waals surface area contributed by atoms with Crippen LogP contribution in [0, 0.1) is 0 Å². The van der Waals surface area contributed by atoms with Crippen molar-refractivity contribution in [2.75, 3.05) is 0 Å². The van der Waals surface area contributed by atoms with Gasteiger partial charge in [-0.3, -0.25) is 0 Å². The Balaban J connectivity index is 0.00000133. The van der Waals surface area contributed by atoms with Gasteiger partial charge in [-0.1, -0.05) is 0 Å². The minimum atomic E-state index is -4.27. The van der Waals surface area contributed by atoms with Gasteiger partial charge in [0, 0.05) is 12.5 Å². The summed E-state index contributed by atoms with van der Waals surface area (Å²) in [7, 11) is 1.85. The average Bonchev–Trinajstić information content (AvgIpc) is 2.63. The molecule has 6 heteroatoms. The Morgan fingerprint density at radius 3 is 2.63 bits per heavy atom. The van der Waals surface area contributed by atoms with Crippen LogP contribution in [0.15, 0.2) is 18.2 Å². The number of aromatic nitrogens is 2. The maximum absolute atomic E-state index is 12.7. The molecule has 2 heterocycles. The Bertz CT molecular complexity index is 616. The molecule has 1 aromatic heterocycles. The molecule has 0 radical (unpaired) electrons. The first-order valence-corrected chi connectivity index (χ1v) is 6.07. The van der Waals surface area contributed by atoms with Gasteiger partial charge in [-0.15, -0.1) is 0 Å². The first-order chi connectivity index (χ1) is 8.48. The SMILES string of the molecule is Cn1c2[n+](c3ccc(C(F)(F)F)cc31)CCCC2.[I-]. The molecule has 0 saturated carbocycles. The van der Waals surface area contributed by atoms with Crippen LogP contribution in [0.2, 0.25) is 0 Å². The molecule has 0 saturated heterocycles. The van der Waals surface area contributed by atoms with Crippen molar-refractivity contribution in [2.24, 2.45) is 7.05 Å². The Morgan fingerprint density at radius 2 is 1.95 bits per heavy atom. The van der Waals surface area contributed by atoms with Crippen LogP contribution < -0.4 is 28.5 Å². The van der Waals surface area contributed by atoms with Crippen LogP contribution >= 0.6 is 0 Å². The van der Waals surface area contributed by atoms with E-state index in [1.165, 1.54) is 12.1 Å². The monoisotopic (exact) mass is 382 g/mol. The van der Waals surface area contributed by atoms with Gasteiger partial charge < -0.3 is 24.0 Å². The minimum Gasteiger partial charge on any atom is -1.00 e. The van der Waals surface area contributed by atoms with Crippen molar-refractivity contribution in [1.29, 1.82) is 0 Å². The number of hydrogen-bond donors (Lipinski definition) is 0. The van der Waals surface area contributed by atoms with E-state index < -0.39 is 11.7 Å². The van der Waals surface area contributed by atoms with Gasteiger partial charge >= 0.3 is 6.18 Å². The summed E-state index contributed by atoms with van der Waals surface area (Å²) in [6.07, 6.45) is -1.13. The van der Waals surface area contributed by atoms with Gasteiger partial charge in [-0.05, 0) is 25.0 Å². The van der Waals surface area contributed by atoms with Crippen molar-refractivity contribution >= 4 is 11.0 Å². The van der Waals surface area contributed by atoms with E-state index in [4.69, 9.17) is 0 Å². The van der Waals surface area contributed by atoms with Gasteiger partial charge in [0.05, 0.1) is 19.2 Å². The molecule has 0 bridgehead atoms. The second-order valence-corrected chi connectivity index (χ2v) is 4.79. The van der Waals surface area contributed by atoms with Crippen LogP contribution in [-0.4, -0.2) is 4.57 Å². The van der Waals surface area contributed by atoms with Crippen LogP contribution in [0.5, 0.6) is 0 Å². The van der Waals surface area contributed by atoms with Gasteiger partial charge in [-0.2, -0.15) is 13.2 Å². The molecule has 1 aliphatic heterocycles. The molecule has 0 atom stereocenters. The highest BCUT2D eigenvalue weighted by atomic mass is 127. The highest BCUT2D eigenvalue weighted by Crippen LogP contribution is 2.31. The quantitative estimate of drug-likeness (QED) is 0.442. The average molecular weight is 382 g/mol. The zero-order chi connectivity index (χ0) is 12.9. The molecule has 3 rings (SSSR count). The van der Waals surface area contributed by atoms with Crippen LogP contribution in [0.1, 0.15) is 24.2 Å². The van der Waals surface area contributed by atoms with E-state index in [9.17, 15) is 13.2 Å². The first kappa shape index (κ1) is 14.6. The lowest BCUT2D eigenvalue weighted by molar-refractivity contribution is -0.685. The van der Waals surface area contributed by atoms with E-state index in [0.717, 1.165) is 37.1 Å². The predicted molar refractivity (Wildman–Crippen MR) is 61.1 cm³/mol. The zero-order valence-corrected chi connectivity index (χ0v) is 12.6. The lowest BCUT2D eigenvalue weighted by atomic mass is 10.1. The summed E-state index contributed by atoms with van der Waals surface area (Å²) in [5, 5.41) is 0. The molecule has 19 heavy (non-hydrogen) atoms. The number of hydrogen-bond acceptors (Lipinski definition) is 0. The molecule has 0 aliphatic carbocycles. The highest BCUT2D eigenvalue weighted by molar-refractivity contribution is 5.73. The van der Waals surface area contributed by atoms with Crippen LogP contribution in [0.3, 0.4) is 0 Å². The van der Waals surface area contributed by atoms with Gasteiger partial charge in [-0.25, -0.2) is 9.13 Å². The van der Waals surface area contributed by atoms with E-state index in [2.05, 4.69) is 4.57 Å². The van der Waals surface area contributed by atoms with E-state index in [1.807, 2.05) is 11.6 Å². The largest absolute Gasteiger partial charge is 1.00 e. The fraction of sp³-hybridized carbons (Fsp3) is 0.462. The number of halogens is 4. The Kier molecular flexibility index (Phi) is 3.81. The second kappa shape index (κ2) is 4.96. The number of aryl methyl sites for hydroxylation is 2. The normalized spacial score (nSPS) is 15.2. The molecule has 1 aliphatic rings. The van der Waals surface area contributed by atoms with Gasteiger partial charge in [0.2, 0.25) is 0 Å². The number of rotatable bonds is 0. The first-order valence-electron chi connectivity index (χ1n) is 6.07. The number of alkyl halides is 3. The van der Waals surface area contributed by atoms with Crippen molar-refractivity contribution in [3.8, 4) is 0 Å². The van der Waals surface area contributed by atoms with Crippen molar-refractivity contribution in [1.82, 2.24) is 4.57 Å². The smallest absolute Gasteiger partial charge is 0.416 e. The molecular weight excluding hydrogens is 368 g/mol. The standard InChI is InChI=1S/C13H14F3N2.HI/c1-17-11-8-9(13(14,15)16)5-6-10(11)18-7-3-2-4-12(17)18;/h5-6,8H,2-4,7H2,1H3;1H/q+1;/p-1. The third-order valence-corrected chi connectivity index (χ3v) is 3.69. The van der Waals surface area contributed by atoms with Gasteiger partial charge in [0.15, 0.2) is 11.0 Å². The molecule has 0 N–H and O–H groups in total. The summed E-state index contributed by atoms with van der Waals surface area (Å²) >= 11 is 0. The second-order valence-electron chi connectivity index (χ2n) is 4.79. The molecule has 2 nitrogen and oxygen atoms in total. The lowest BCUT2D eigenvalue weighted by Crippen LogP contribution is -3.00. The van der Waals surface area contributed by atoms with E-state index in [-0.39, 0.29) is 24.0 Å². The third kappa shape index (κ3) is 2.34. The van der Waals surface area contributed by atoms with Crippen molar-refractivity contribution in [3.05, 3.63) is 29.6 Å². The summed E-state index contributed by atoms with van der Waals surface area (Å²) in [6.45, 7) is 0.901. The van der Waals surface area contributed by atoms with Crippen LogP contribution in [0.25, 0.3) is 11.0 Å². The fourth-order valence-electron chi connectivity index (χ4n) is 2.76. The number of nitrogens with zero attached hydrogens (tertiary/aromatic N) is 2. The van der Waals surface area contributed by atoms with E-state index >= 15 is 0 Å². The number of benzene rings is 1. The van der Waals surface area contributed by atoms with E-state index in [0.29, 0.717) is 5.52 Å². The molecule has 0 fully saturated rings. The van der Waals surface area contributed by atoms with Crippen molar-refractivity contribution in [3.63, 3.8) is 0 Å². The number of imidazole rings is 1. The predicted octanol–water partition coefficient (Wildman–Crippen LogP) is -0.175. The van der Waals surface area contributed by atoms with Gasteiger partial charge in [0.25, 0.3) is 5.82 Å². The topological polar surface area (TPSA) is 8.81 Å². The molecule has 0 unspecified atom stereocenters. The number of fused-ring (bicyclic) bond motifs is 3. The molecule has 0 spiro atoms. The minimum absolute atomic E-state index is 0. The lowest BCUT2D eigenvalue weighted by Gasteiger charge is -2.08. The van der Waals surface area contributed by atoms with E-state index in [1.54, 1.807) is 6.07 Å². The summed E-state index contributed by atoms with van der Waals surface area (Å²) in [5.74, 6) is 1.12. The molecule has 104 valence electrons. The van der Waals surface area contributed by atoms with Crippen LogP contribution in [-0.2, 0) is 26.2 Å². The molecular formula is C13H14F3IN2. The Hall–Kier alpha value is -0.790. The third-order valence-electron chi connectivity index (χ3n) is 3.69. The van der Waals surface area contributed by atoms with Crippen molar-refractivity contribution < 1.29 is 41.7 Å². The highest BCUT2D eigenvalue weighted by Gasteiger charge is 2.33. The summed E-state index contributed by atoms with van der Waals surface area (Å²) in [6, 6.07) is 4.01. The zero-order valence-electron chi connectivity index (χ0n) is 10.5.